The Balaban J connectivity index is 2.53. The second kappa shape index (κ2) is 6.17. The van der Waals surface area contributed by atoms with Gasteiger partial charge in [-0.1, -0.05) is 19.9 Å². The first kappa shape index (κ1) is 14.2. The molecule has 0 aliphatic carbocycles. The molecule has 2 N–H and O–H groups in total. The minimum Gasteiger partial charge on any atom is -0.383 e. The molecule has 1 atom stereocenters. The van der Waals surface area contributed by atoms with Crippen molar-refractivity contribution in [3.05, 3.63) is 22.4 Å². The molecule has 1 aromatic heterocycles. The summed E-state index contributed by atoms with van der Waals surface area (Å²) in [6.07, 6.45) is 1.67. The number of hydrogen-bond donors (Lipinski definition) is 2. The molecule has 3 nitrogen and oxygen atoms in total. The Hall–Kier alpha value is -0.870. The number of rotatable bonds is 6. The quantitative estimate of drug-likeness (QED) is 0.820. The summed E-state index contributed by atoms with van der Waals surface area (Å²) in [4.78, 5) is 12.7. The summed E-state index contributed by atoms with van der Waals surface area (Å²) in [5.41, 5.74) is -0.976. The van der Waals surface area contributed by atoms with E-state index in [1.807, 2.05) is 31.4 Å². The predicted molar refractivity (Wildman–Crippen MR) is 71.0 cm³/mol. The first-order chi connectivity index (χ1) is 8.01. The van der Waals surface area contributed by atoms with Gasteiger partial charge >= 0.3 is 0 Å². The number of thiophene rings is 1. The van der Waals surface area contributed by atoms with Gasteiger partial charge in [-0.15, -0.1) is 11.3 Å². The minimum absolute atomic E-state index is 0.0341. The van der Waals surface area contributed by atoms with Crippen LogP contribution in [0.5, 0.6) is 0 Å². The Morgan fingerprint density at radius 3 is 2.65 bits per heavy atom. The first-order valence-corrected chi connectivity index (χ1v) is 6.93. The number of amides is 1. The van der Waals surface area contributed by atoms with Crippen molar-refractivity contribution in [2.75, 3.05) is 6.54 Å². The van der Waals surface area contributed by atoms with Crippen LogP contribution >= 0.6 is 11.3 Å². The second-order valence-electron chi connectivity index (χ2n) is 4.48. The van der Waals surface area contributed by atoms with Gasteiger partial charge in [0.25, 0.3) is 0 Å². The Morgan fingerprint density at radius 1 is 1.53 bits per heavy atom. The summed E-state index contributed by atoms with van der Waals surface area (Å²) < 4.78 is 0. The molecule has 1 amide bonds. The molecule has 0 saturated heterocycles. The van der Waals surface area contributed by atoms with Gasteiger partial charge in [0.05, 0.1) is 6.54 Å². The van der Waals surface area contributed by atoms with Gasteiger partial charge in [0.2, 0.25) is 5.91 Å². The SMILES string of the molecule is CCC(CC)C(=O)NCC(C)(O)c1cccs1. The van der Waals surface area contributed by atoms with Gasteiger partial charge in [0.15, 0.2) is 0 Å². The van der Waals surface area contributed by atoms with Gasteiger partial charge in [0.1, 0.15) is 5.60 Å². The molecular formula is C13H21NO2S. The average molecular weight is 255 g/mol. The van der Waals surface area contributed by atoms with Crippen molar-refractivity contribution in [3.63, 3.8) is 0 Å². The van der Waals surface area contributed by atoms with Crippen molar-refractivity contribution in [1.29, 1.82) is 0 Å². The van der Waals surface area contributed by atoms with Crippen LogP contribution in [0.25, 0.3) is 0 Å². The van der Waals surface area contributed by atoms with E-state index in [2.05, 4.69) is 5.32 Å². The zero-order valence-corrected chi connectivity index (χ0v) is 11.5. The number of aliphatic hydroxyl groups is 1. The van der Waals surface area contributed by atoms with Crippen LogP contribution in [0.4, 0.5) is 0 Å². The van der Waals surface area contributed by atoms with Crippen molar-refractivity contribution >= 4 is 17.2 Å². The van der Waals surface area contributed by atoms with Crippen LogP contribution in [0, 0.1) is 5.92 Å². The molecule has 4 heteroatoms. The first-order valence-electron chi connectivity index (χ1n) is 6.05. The molecule has 0 radical (unpaired) electrons. The summed E-state index contributed by atoms with van der Waals surface area (Å²) in [6.45, 7) is 6.01. The monoisotopic (exact) mass is 255 g/mol. The van der Waals surface area contributed by atoms with Crippen LogP contribution in [-0.2, 0) is 10.4 Å². The third-order valence-electron chi connectivity index (χ3n) is 3.02. The number of nitrogens with one attached hydrogen (secondary N) is 1. The summed E-state index contributed by atoms with van der Waals surface area (Å²) in [5.74, 6) is 0.0842. The van der Waals surface area contributed by atoms with Crippen molar-refractivity contribution < 1.29 is 9.90 Å². The second-order valence-corrected chi connectivity index (χ2v) is 5.43. The van der Waals surface area contributed by atoms with Gasteiger partial charge in [0, 0.05) is 10.8 Å². The maximum Gasteiger partial charge on any atom is 0.223 e. The Kier molecular flexibility index (Phi) is 5.15. The van der Waals surface area contributed by atoms with Gasteiger partial charge in [-0.25, -0.2) is 0 Å². The molecule has 0 fully saturated rings. The van der Waals surface area contributed by atoms with Gasteiger partial charge in [-0.05, 0) is 31.2 Å². The molecule has 0 saturated carbocycles. The van der Waals surface area contributed by atoms with Crippen LogP contribution in [0.1, 0.15) is 38.5 Å². The van der Waals surface area contributed by atoms with E-state index < -0.39 is 5.60 Å². The van der Waals surface area contributed by atoms with Crippen molar-refractivity contribution in [2.24, 2.45) is 5.92 Å². The van der Waals surface area contributed by atoms with Crippen LogP contribution in [0.15, 0.2) is 17.5 Å². The summed E-state index contributed by atoms with van der Waals surface area (Å²) in [6, 6.07) is 3.78. The maximum absolute atomic E-state index is 11.8. The smallest absolute Gasteiger partial charge is 0.223 e. The van der Waals surface area contributed by atoms with E-state index in [0.29, 0.717) is 0 Å². The fraction of sp³-hybridized carbons (Fsp3) is 0.615. The summed E-state index contributed by atoms with van der Waals surface area (Å²) >= 11 is 1.50. The van der Waals surface area contributed by atoms with Crippen LogP contribution in [0.3, 0.4) is 0 Å². The lowest BCUT2D eigenvalue weighted by molar-refractivity contribution is -0.126. The van der Waals surface area contributed by atoms with E-state index in [1.54, 1.807) is 6.92 Å². The molecule has 0 aliphatic heterocycles. The third kappa shape index (κ3) is 3.82. The molecule has 1 rings (SSSR count). The van der Waals surface area contributed by atoms with E-state index in [-0.39, 0.29) is 18.4 Å². The fourth-order valence-corrected chi connectivity index (χ4v) is 2.52. The molecule has 0 aliphatic rings. The topological polar surface area (TPSA) is 49.3 Å². The molecule has 0 aromatic carbocycles. The van der Waals surface area contributed by atoms with Gasteiger partial charge < -0.3 is 10.4 Å². The number of hydrogen-bond acceptors (Lipinski definition) is 3. The molecular weight excluding hydrogens is 234 g/mol. The number of carbonyl (C=O) groups is 1. The molecule has 1 heterocycles. The molecule has 1 unspecified atom stereocenters. The van der Waals surface area contributed by atoms with Crippen LogP contribution < -0.4 is 5.32 Å². The lowest BCUT2D eigenvalue weighted by atomic mass is 10.0. The lowest BCUT2D eigenvalue weighted by Crippen LogP contribution is -2.40. The highest BCUT2D eigenvalue weighted by Gasteiger charge is 2.25. The minimum atomic E-state index is -0.976. The Labute approximate surface area is 107 Å². The van der Waals surface area contributed by atoms with E-state index in [0.717, 1.165) is 17.7 Å². The fourth-order valence-electron chi connectivity index (χ4n) is 1.74. The van der Waals surface area contributed by atoms with Crippen molar-refractivity contribution in [2.45, 2.75) is 39.2 Å². The van der Waals surface area contributed by atoms with E-state index in [1.165, 1.54) is 11.3 Å². The normalized spacial score (nSPS) is 14.6. The average Bonchev–Trinajstić information content (AvgIpc) is 2.82. The highest BCUT2D eigenvalue weighted by atomic mass is 32.1. The van der Waals surface area contributed by atoms with E-state index in [4.69, 9.17) is 0 Å². The highest BCUT2D eigenvalue weighted by molar-refractivity contribution is 7.10. The van der Waals surface area contributed by atoms with Gasteiger partial charge in [-0.2, -0.15) is 0 Å². The van der Waals surface area contributed by atoms with Crippen molar-refractivity contribution in [1.82, 2.24) is 5.32 Å². The maximum atomic E-state index is 11.8. The van der Waals surface area contributed by atoms with Crippen LogP contribution in [-0.4, -0.2) is 17.6 Å². The highest BCUT2D eigenvalue weighted by Crippen LogP contribution is 2.24. The Bertz CT molecular complexity index is 342. The van der Waals surface area contributed by atoms with Crippen molar-refractivity contribution in [3.8, 4) is 0 Å². The van der Waals surface area contributed by atoms with Gasteiger partial charge in [-0.3, -0.25) is 4.79 Å². The molecule has 0 spiro atoms. The summed E-state index contributed by atoms with van der Waals surface area (Å²) in [7, 11) is 0. The molecule has 1 aromatic rings. The Morgan fingerprint density at radius 2 is 2.18 bits per heavy atom. The molecule has 17 heavy (non-hydrogen) atoms. The predicted octanol–water partition coefficient (Wildman–Crippen LogP) is 2.51. The van der Waals surface area contributed by atoms with E-state index >= 15 is 0 Å². The van der Waals surface area contributed by atoms with Crippen LogP contribution in [0.2, 0.25) is 0 Å². The standard InChI is InChI=1S/C13H21NO2S/c1-4-10(5-2)12(15)14-9-13(3,16)11-7-6-8-17-11/h6-8,10,16H,4-5,9H2,1-3H3,(H,14,15). The zero-order valence-electron chi connectivity index (χ0n) is 10.7. The third-order valence-corrected chi connectivity index (χ3v) is 4.14. The molecule has 0 bridgehead atoms. The lowest BCUT2D eigenvalue weighted by Gasteiger charge is -2.23. The summed E-state index contributed by atoms with van der Waals surface area (Å²) in [5, 5.41) is 15.0. The zero-order chi connectivity index (χ0) is 12.9. The number of carbonyl (C=O) groups excluding carboxylic acids is 1. The largest absolute Gasteiger partial charge is 0.383 e. The van der Waals surface area contributed by atoms with E-state index in [9.17, 15) is 9.90 Å². The molecule has 96 valence electrons.